The highest BCUT2D eigenvalue weighted by molar-refractivity contribution is 6.00. The summed E-state index contributed by atoms with van der Waals surface area (Å²) in [6.45, 7) is 0.821. The Labute approximate surface area is 132 Å². The molecule has 8 heteroatoms. The summed E-state index contributed by atoms with van der Waals surface area (Å²) in [5, 5.41) is 24.6. The van der Waals surface area contributed by atoms with Gasteiger partial charge in [-0.15, -0.1) is 0 Å². The molecular weight excluding hydrogens is 300 g/mol. The van der Waals surface area contributed by atoms with E-state index in [4.69, 9.17) is 0 Å². The standard InChI is InChI=1S/C15H16N4O4/c1-17-9-13(15(21)18-7-6-12(20)8-18)14(16-17)10-2-4-11(5-3-10)19(22)23/h2-5,9,12,20H,6-8H2,1H3/t12-/m1/s1. The fourth-order valence-electron chi connectivity index (χ4n) is 2.70. The van der Waals surface area contributed by atoms with Crippen LogP contribution in [0.15, 0.2) is 30.5 Å². The first-order chi connectivity index (χ1) is 11.0. The Kier molecular flexibility index (Phi) is 3.83. The maximum Gasteiger partial charge on any atom is 0.269 e. The average molecular weight is 316 g/mol. The number of nitrogens with zero attached hydrogens (tertiary/aromatic N) is 4. The number of benzene rings is 1. The summed E-state index contributed by atoms with van der Waals surface area (Å²) < 4.78 is 1.54. The number of aromatic nitrogens is 2. The molecule has 0 saturated carbocycles. The highest BCUT2D eigenvalue weighted by Crippen LogP contribution is 2.26. The molecule has 1 N–H and O–H groups in total. The molecule has 1 aliphatic heterocycles. The van der Waals surface area contributed by atoms with Crippen molar-refractivity contribution in [2.24, 2.45) is 7.05 Å². The summed E-state index contributed by atoms with van der Waals surface area (Å²) in [5.74, 6) is -0.192. The molecule has 120 valence electrons. The SMILES string of the molecule is Cn1cc(C(=O)N2CC[C@@H](O)C2)c(-c2ccc([N+](=O)[O-])cc2)n1. The maximum atomic E-state index is 12.6. The lowest BCUT2D eigenvalue weighted by atomic mass is 10.1. The van der Waals surface area contributed by atoms with Crippen molar-refractivity contribution in [2.75, 3.05) is 13.1 Å². The van der Waals surface area contributed by atoms with E-state index in [0.717, 1.165) is 0 Å². The number of hydrogen-bond donors (Lipinski definition) is 1. The molecule has 0 spiro atoms. The predicted molar refractivity (Wildman–Crippen MR) is 81.8 cm³/mol. The number of aryl methyl sites for hydroxylation is 1. The molecule has 23 heavy (non-hydrogen) atoms. The Bertz CT molecular complexity index is 753. The lowest BCUT2D eigenvalue weighted by Gasteiger charge is -2.15. The summed E-state index contributed by atoms with van der Waals surface area (Å²) in [6.07, 6.45) is 1.71. The fourth-order valence-corrected chi connectivity index (χ4v) is 2.70. The van der Waals surface area contributed by atoms with Gasteiger partial charge in [0, 0.05) is 44.0 Å². The zero-order valence-corrected chi connectivity index (χ0v) is 12.5. The third-order valence-corrected chi connectivity index (χ3v) is 3.86. The van der Waals surface area contributed by atoms with Gasteiger partial charge < -0.3 is 10.0 Å². The minimum atomic E-state index is -0.488. The van der Waals surface area contributed by atoms with Crippen molar-refractivity contribution >= 4 is 11.6 Å². The van der Waals surface area contributed by atoms with E-state index in [1.165, 1.54) is 16.8 Å². The molecule has 8 nitrogen and oxygen atoms in total. The molecule has 1 saturated heterocycles. The van der Waals surface area contributed by atoms with E-state index in [-0.39, 0.29) is 11.6 Å². The van der Waals surface area contributed by atoms with Crippen molar-refractivity contribution in [2.45, 2.75) is 12.5 Å². The first-order valence-electron chi connectivity index (χ1n) is 7.21. The van der Waals surface area contributed by atoms with Gasteiger partial charge in [0.1, 0.15) is 5.69 Å². The Morgan fingerprint density at radius 3 is 2.65 bits per heavy atom. The quantitative estimate of drug-likeness (QED) is 0.677. The van der Waals surface area contributed by atoms with Crippen molar-refractivity contribution in [3.05, 3.63) is 46.1 Å². The second-order valence-corrected chi connectivity index (χ2v) is 5.56. The van der Waals surface area contributed by atoms with E-state index in [9.17, 15) is 20.0 Å². The molecule has 1 atom stereocenters. The third-order valence-electron chi connectivity index (χ3n) is 3.86. The van der Waals surface area contributed by atoms with Crippen LogP contribution in [0.4, 0.5) is 5.69 Å². The molecular formula is C15H16N4O4. The number of rotatable bonds is 3. The molecule has 0 unspecified atom stereocenters. The van der Waals surface area contributed by atoms with E-state index < -0.39 is 11.0 Å². The highest BCUT2D eigenvalue weighted by atomic mass is 16.6. The van der Waals surface area contributed by atoms with Crippen LogP contribution < -0.4 is 0 Å². The molecule has 3 rings (SSSR count). The molecule has 0 bridgehead atoms. The molecule has 1 aliphatic rings. The van der Waals surface area contributed by atoms with Gasteiger partial charge in [-0.2, -0.15) is 5.10 Å². The molecule has 2 heterocycles. The van der Waals surface area contributed by atoms with Gasteiger partial charge in [-0.25, -0.2) is 0 Å². The van der Waals surface area contributed by atoms with Crippen molar-refractivity contribution in [1.29, 1.82) is 0 Å². The summed E-state index contributed by atoms with van der Waals surface area (Å²) in [6, 6.07) is 5.93. The van der Waals surface area contributed by atoms with Gasteiger partial charge in [0.05, 0.1) is 16.6 Å². The van der Waals surface area contributed by atoms with Crippen LogP contribution in [0.25, 0.3) is 11.3 Å². The Morgan fingerprint density at radius 1 is 1.39 bits per heavy atom. The van der Waals surface area contributed by atoms with Gasteiger partial charge in [0.2, 0.25) is 0 Å². The molecule has 0 aliphatic carbocycles. The molecule has 2 aromatic rings. The van der Waals surface area contributed by atoms with Gasteiger partial charge in [0.15, 0.2) is 0 Å². The van der Waals surface area contributed by atoms with E-state index in [2.05, 4.69) is 5.10 Å². The normalized spacial score (nSPS) is 17.5. The molecule has 1 aromatic heterocycles. The number of aliphatic hydroxyl groups is 1. The largest absolute Gasteiger partial charge is 0.391 e. The van der Waals surface area contributed by atoms with E-state index in [0.29, 0.717) is 36.3 Å². The number of nitro groups is 1. The summed E-state index contributed by atoms with van der Waals surface area (Å²) in [5.41, 5.74) is 1.53. The van der Waals surface area contributed by atoms with Crippen molar-refractivity contribution in [1.82, 2.24) is 14.7 Å². The Morgan fingerprint density at radius 2 is 2.09 bits per heavy atom. The Balaban J connectivity index is 1.94. The predicted octanol–water partition coefficient (Wildman–Crippen LogP) is 1.20. The van der Waals surface area contributed by atoms with Crippen LogP contribution in [0.2, 0.25) is 0 Å². The van der Waals surface area contributed by atoms with Crippen LogP contribution in [0.1, 0.15) is 16.8 Å². The average Bonchev–Trinajstić information content (AvgIpc) is 3.12. The van der Waals surface area contributed by atoms with Crippen LogP contribution in [0.3, 0.4) is 0 Å². The number of β-amino-alcohol motifs (C(OH)–C–C–N with tert-alkyl or cyclic N) is 1. The van der Waals surface area contributed by atoms with Gasteiger partial charge in [-0.05, 0) is 18.6 Å². The zero-order chi connectivity index (χ0) is 16.6. The number of likely N-dealkylation sites (tertiary alicyclic amines) is 1. The van der Waals surface area contributed by atoms with Crippen LogP contribution >= 0.6 is 0 Å². The van der Waals surface area contributed by atoms with Crippen LogP contribution in [0, 0.1) is 10.1 Å². The number of amides is 1. The smallest absolute Gasteiger partial charge is 0.269 e. The second kappa shape index (κ2) is 5.81. The molecule has 1 amide bonds. The van der Waals surface area contributed by atoms with Gasteiger partial charge in [-0.1, -0.05) is 0 Å². The van der Waals surface area contributed by atoms with Crippen LogP contribution in [-0.2, 0) is 7.05 Å². The second-order valence-electron chi connectivity index (χ2n) is 5.56. The first kappa shape index (κ1) is 15.2. The lowest BCUT2D eigenvalue weighted by Crippen LogP contribution is -2.29. The number of carbonyl (C=O) groups excluding carboxylic acids is 1. The zero-order valence-electron chi connectivity index (χ0n) is 12.5. The van der Waals surface area contributed by atoms with E-state index in [1.54, 1.807) is 30.3 Å². The van der Waals surface area contributed by atoms with Crippen molar-refractivity contribution < 1.29 is 14.8 Å². The number of aliphatic hydroxyl groups excluding tert-OH is 1. The minimum Gasteiger partial charge on any atom is -0.391 e. The third kappa shape index (κ3) is 2.93. The summed E-state index contributed by atoms with van der Waals surface area (Å²) in [4.78, 5) is 24.5. The molecule has 0 radical (unpaired) electrons. The van der Waals surface area contributed by atoms with Gasteiger partial charge in [-0.3, -0.25) is 19.6 Å². The number of non-ortho nitro benzene ring substituents is 1. The topological polar surface area (TPSA) is 102 Å². The maximum absolute atomic E-state index is 12.6. The number of nitro benzene ring substituents is 1. The lowest BCUT2D eigenvalue weighted by molar-refractivity contribution is -0.384. The fraction of sp³-hybridized carbons (Fsp3) is 0.333. The van der Waals surface area contributed by atoms with Crippen LogP contribution in [-0.4, -0.2) is 49.8 Å². The number of hydrogen-bond acceptors (Lipinski definition) is 5. The monoisotopic (exact) mass is 316 g/mol. The summed E-state index contributed by atoms with van der Waals surface area (Å²) >= 11 is 0. The van der Waals surface area contributed by atoms with Gasteiger partial charge in [0.25, 0.3) is 11.6 Å². The van der Waals surface area contributed by atoms with Crippen LogP contribution in [0.5, 0.6) is 0 Å². The molecule has 1 aromatic carbocycles. The van der Waals surface area contributed by atoms with Crippen molar-refractivity contribution in [3.8, 4) is 11.3 Å². The minimum absolute atomic E-state index is 0.0137. The van der Waals surface area contributed by atoms with Crippen molar-refractivity contribution in [3.63, 3.8) is 0 Å². The number of carbonyl (C=O) groups is 1. The Hall–Kier alpha value is -2.74. The first-order valence-corrected chi connectivity index (χ1v) is 7.21. The molecule has 1 fully saturated rings. The van der Waals surface area contributed by atoms with E-state index >= 15 is 0 Å². The van der Waals surface area contributed by atoms with E-state index in [1.807, 2.05) is 0 Å². The summed E-state index contributed by atoms with van der Waals surface area (Å²) in [7, 11) is 1.71. The van der Waals surface area contributed by atoms with Gasteiger partial charge >= 0.3 is 0 Å². The highest BCUT2D eigenvalue weighted by Gasteiger charge is 2.28.